The second-order valence-corrected chi connectivity index (χ2v) is 8.71. The van der Waals surface area contributed by atoms with E-state index in [-0.39, 0.29) is 18.9 Å². The summed E-state index contributed by atoms with van der Waals surface area (Å²) in [6.07, 6.45) is -1.18. The third-order valence-corrected chi connectivity index (χ3v) is 6.40. The number of carbonyl (C=O) groups is 3. The molecule has 36 heavy (non-hydrogen) atoms. The average Bonchev–Trinajstić information content (AvgIpc) is 3.57. The number of methoxy groups -OCH3 is 1. The van der Waals surface area contributed by atoms with Crippen LogP contribution in [0.5, 0.6) is 0 Å². The number of pyridine rings is 1. The quantitative estimate of drug-likeness (QED) is 0.455. The average molecular weight is 509 g/mol. The summed E-state index contributed by atoms with van der Waals surface area (Å²) in [5, 5.41) is 10.1. The fourth-order valence-electron chi connectivity index (χ4n) is 4.52. The second-order valence-electron chi connectivity index (χ2n) is 8.71. The van der Waals surface area contributed by atoms with Crippen LogP contribution in [-0.2, 0) is 20.5 Å². The van der Waals surface area contributed by atoms with Crippen LogP contribution in [0.4, 0.5) is 28.0 Å². The Hall–Kier alpha value is -3.70. The Bertz CT molecular complexity index is 1180. The van der Waals surface area contributed by atoms with Crippen molar-refractivity contribution in [1.29, 1.82) is 0 Å². The first-order chi connectivity index (χ1) is 17.0. The van der Waals surface area contributed by atoms with Gasteiger partial charge in [0.1, 0.15) is 11.9 Å². The maximum absolute atomic E-state index is 15.4. The minimum Gasteiger partial charge on any atom is -0.479 e. The van der Waals surface area contributed by atoms with Gasteiger partial charge in [-0.15, -0.1) is 0 Å². The SMILES string of the molecule is COC(=O)[C@@H]1CCCN1C(=O)N(c1ccc(C2CC2)cc1F)C(C(=O)O)c1cnccc1C(F)(F)F. The number of hydrogen-bond acceptors (Lipinski definition) is 5. The molecule has 2 aromatic rings. The van der Waals surface area contributed by atoms with Crippen molar-refractivity contribution >= 4 is 23.7 Å². The Labute approximate surface area is 203 Å². The lowest BCUT2D eigenvalue weighted by atomic mass is 9.99. The van der Waals surface area contributed by atoms with Crippen LogP contribution < -0.4 is 4.90 Å². The van der Waals surface area contributed by atoms with Gasteiger partial charge in [0.15, 0.2) is 6.04 Å². The first kappa shape index (κ1) is 25.4. The number of aliphatic carboxylic acids is 1. The van der Waals surface area contributed by atoms with E-state index in [0.29, 0.717) is 29.1 Å². The van der Waals surface area contributed by atoms with Crippen molar-refractivity contribution in [3.05, 3.63) is 59.2 Å². The standard InChI is InChI=1S/C24H23F4N3O5/c1-36-22(34)19-3-2-10-30(19)23(35)31(18-7-6-14(11-17(18)25)13-4-5-13)20(21(32)33)15-12-29-9-8-16(15)24(26,27)28/h6-9,11-13,19-20H,2-5,10H2,1H3,(H,32,33)/t19-,20?/m0/s1. The number of alkyl halides is 3. The summed E-state index contributed by atoms with van der Waals surface area (Å²) < 4.78 is 61.6. The summed E-state index contributed by atoms with van der Waals surface area (Å²) in [5.41, 5.74) is -2.06. The topological polar surface area (TPSA) is 100 Å². The van der Waals surface area contributed by atoms with Gasteiger partial charge in [-0.2, -0.15) is 13.2 Å². The number of aromatic nitrogens is 1. The monoisotopic (exact) mass is 509 g/mol. The van der Waals surface area contributed by atoms with E-state index in [2.05, 4.69) is 4.98 Å². The minimum absolute atomic E-state index is 0.00236. The van der Waals surface area contributed by atoms with Gasteiger partial charge in [0.05, 0.1) is 18.4 Å². The molecule has 2 amide bonds. The van der Waals surface area contributed by atoms with Gasteiger partial charge in [-0.3, -0.25) is 9.88 Å². The van der Waals surface area contributed by atoms with Gasteiger partial charge in [0.2, 0.25) is 0 Å². The molecule has 0 bridgehead atoms. The molecular formula is C24H23F4N3O5. The number of esters is 1. The molecule has 8 nitrogen and oxygen atoms in total. The van der Waals surface area contributed by atoms with Gasteiger partial charge in [-0.1, -0.05) is 6.07 Å². The van der Waals surface area contributed by atoms with Crippen molar-refractivity contribution in [2.45, 2.75) is 49.9 Å². The van der Waals surface area contributed by atoms with Gasteiger partial charge in [-0.25, -0.2) is 18.8 Å². The first-order valence-electron chi connectivity index (χ1n) is 11.3. The molecule has 0 spiro atoms. The summed E-state index contributed by atoms with van der Waals surface area (Å²) in [5.74, 6) is -3.44. The summed E-state index contributed by atoms with van der Waals surface area (Å²) in [7, 11) is 1.11. The molecule has 1 aliphatic heterocycles. The number of benzene rings is 1. The predicted molar refractivity (Wildman–Crippen MR) is 118 cm³/mol. The number of nitrogens with zero attached hydrogens (tertiary/aromatic N) is 3. The van der Waals surface area contributed by atoms with Crippen LogP contribution in [0.2, 0.25) is 0 Å². The van der Waals surface area contributed by atoms with Crippen LogP contribution in [0.3, 0.4) is 0 Å². The highest BCUT2D eigenvalue weighted by atomic mass is 19.4. The van der Waals surface area contributed by atoms with Gasteiger partial charge in [0, 0.05) is 24.5 Å². The molecule has 1 aromatic carbocycles. The lowest BCUT2D eigenvalue weighted by Crippen LogP contribution is -2.51. The lowest BCUT2D eigenvalue weighted by molar-refractivity contribution is -0.145. The number of anilines is 1. The summed E-state index contributed by atoms with van der Waals surface area (Å²) in [4.78, 5) is 43.6. The van der Waals surface area contributed by atoms with E-state index < -0.39 is 58.9 Å². The molecule has 2 heterocycles. The van der Waals surface area contributed by atoms with E-state index in [1.54, 1.807) is 0 Å². The molecule has 1 saturated heterocycles. The number of likely N-dealkylation sites (tertiary alicyclic amines) is 1. The maximum Gasteiger partial charge on any atom is 0.416 e. The third-order valence-electron chi connectivity index (χ3n) is 6.40. The molecular weight excluding hydrogens is 486 g/mol. The highest BCUT2D eigenvalue weighted by molar-refractivity contribution is 6.00. The number of amides is 2. The zero-order valence-electron chi connectivity index (χ0n) is 19.2. The second kappa shape index (κ2) is 9.75. The number of carbonyl (C=O) groups excluding carboxylic acids is 2. The van der Waals surface area contributed by atoms with Crippen molar-refractivity contribution in [3.8, 4) is 0 Å². The predicted octanol–water partition coefficient (Wildman–Crippen LogP) is 4.51. The van der Waals surface area contributed by atoms with E-state index in [4.69, 9.17) is 4.74 Å². The number of urea groups is 1. The van der Waals surface area contributed by atoms with Crippen molar-refractivity contribution in [1.82, 2.24) is 9.88 Å². The van der Waals surface area contributed by atoms with Crippen molar-refractivity contribution < 1.29 is 41.8 Å². The highest BCUT2D eigenvalue weighted by Gasteiger charge is 2.45. The normalized spacial score (nSPS) is 18.6. The van der Waals surface area contributed by atoms with Gasteiger partial charge in [0.25, 0.3) is 0 Å². The number of ether oxygens (including phenoxy) is 1. The smallest absolute Gasteiger partial charge is 0.416 e. The van der Waals surface area contributed by atoms with Gasteiger partial charge >= 0.3 is 24.1 Å². The molecule has 2 fully saturated rings. The first-order valence-corrected chi connectivity index (χ1v) is 11.3. The molecule has 4 rings (SSSR count). The van der Waals surface area contributed by atoms with E-state index >= 15 is 4.39 Å². The van der Waals surface area contributed by atoms with E-state index in [1.165, 1.54) is 12.1 Å². The molecule has 2 aliphatic rings. The number of hydrogen-bond donors (Lipinski definition) is 1. The summed E-state index contributed by atoms with van der Waals surface area (Å²) in [6, 6.07) is -0.0676. The zero-order chi connectivity index (χ0) is 26.2. The molecule has 1 saturated carbocycles. The van der Waals surface area contributed by atoms with Crippen molar-refractivity contribution in [2.75, 3.05) is 18.6 Å². The van der Waals surface area contributed by atoms with Crippen LogP contribution in [0, 0.1) is 5.82 Å². The molecule has 12 heteroatoms. The highest BCUT2D eigenvalue weighted by Crippen LogP contribution is 2.43. The zero-order valence-corrected chi connectivity index (χ0v) is 19.2. The Morgan fingerprint density at radius 2 is 1.92 bits per heavy atom. The molecule has 2 atom stereocenters. The minimum atomic E-state index is -4.97. The van der Waals surface area contributed by atoms with E-state index in [9.17, 15) is 32.7 Å². The fraction of sp³-hybridized carbons (Fsp3) is 0.417. The van der Waals surface area contributed by atoms with Crippen LogP contribution >= 0.6 is 0 Å². The largest absolute Gasteiger partial charge is 0.479 e. The van der Waals surface area contributed by atoms with Crippen molar-refractivity contribution in [3.63, 3.8) is 0 Å². The maximum atomic E-state index is 15.4. The van der Waals surface area contributed by atoms with Crippen LogP contribution in [0.1, 0.15) is 54.3 Å². The molecule has 1 unspecified atom stereocenters. The fourth-order valence-corrected chi connectivity index (χ4v) is 4.52. The number of halogens is 4. The molecule has 1 N–H and O–H groups in total. The molecule has 1 aliphatic carbocycles. The summed E-state index contributed by atoms with van der Waals surface area (Å²) in [6.45, 7) is 0.00236. The Balaban J connectivity index is 1.88. The van der Waals surface area contributed by atoms with Crippen LogP contribution in [0.25, 0.3) is 0 Å². The van der Waals surface area contributed by atoms with Gasteiger partial charge in [-0.05, 0) is 55.4 Å². The molecule has 1 aromatic heterocycles. The van der Waals surface area contributed by atoms with Crippen molar-refractivity contribution in [2.24, 2.45) is 0 Å². The Morgan fingerprint density at radius 3 is 2.50 bits per heavy atom. The number of rotatable bonds is 6. The number of carboxylic acids is 1. The Kier molecular flexibility index (Phi) is 6.87. The van der Waals surface area contributed by atoms with Crippen LogP contribution in [0.15, 0.2) is 36.7 Å². The summed E-state index contributed by atoms with van der Waals surface area (Å²) >= 11 is 0. The van der Waals surface area contributed by atoms with E-state index in [1.807, 2.05) is 0 Å². The van der Waals surface area contributed by atoms with Gasteiger partial charge < -0.3 is 14.7 Å². The van der Waals surface area contributed by atoms with Crippen LogP contribution in [-0.4, -0.2) is 52.7 Å². The lowest BCUT2D eigenvalue weighted by Gasteiger charge is -2.35. The van der Waals surface area contributed by atoms with E-state index in [0.717, 1.165) is 37.1 Å². The molecule has 0 radical (unpaired) electrons. The Morgan fingerprint density at radius 1 is 1.19 bits per heavy atom. The molecule has 192 valence electrons. The third kappa shape index (κ3) is 4.84. The number of carboxylic acid groups (broad SMARTS) is 1.